The Hall–Kier alpha value is -2.49. The van der Waals surface area contributed by atoms with E-state index in [0.29, 0.717) is 31.2 Å². The van der Waals surface area contributed by atoms with Crippen molar-refractivity contribution in [1.29, 1.82) is 0 Å². The molecule has 0 radical (unpaired) electrons. The summed E-state index contributed by atoms with van der Waals surface area (Å²) in [6, 6.07) is 13.2. The van der Waals surface area contributed by atoms with Gasteiger partial charge in [0.2, 0.25) is 0 Å². The summed E-state index contributed by atoms with van der Waals surface area (Å²) in [6.45, 7) is 6.35. The minimum Gasteiger partial charge on any atom is -0.497 e. The van der Waals surface area contributed by atoms with E-state index in [1.165, 1.54) is 0 Å². The van der Waals surface area contributed by atoms with Gasteiger partial charge < -0.3 is 25.4 Å². The minimum absolute atomic E-state index is 0. The Labute approximate surface area is 195 Å². The van der Waals surface area contributed by atoms with Crippen LogP contribution < -0.4 is 25.4 Å². The predicted molar refractivity (Wildman–Crippen MR) is 131 cm³/mol. The lowest BCUT2D eigenvalue weighted by Crippen LogP contribution is -2.36. The lowest BCUT2D eigenvalue weighted by atomic mass is 10.1. The number of aliphatic imine (C=N–C) groups is 1. The van der Waals surface area contributed by atoms with Crippen molar-refractivity contribution in [2.45, 2.75) is 26.9 Å². The van der Waals surface area contributed by atoms with Crippen LogP contribution in [0.25, 0.3) is 0 Å². The lowest BCUT2D eigenvalue weighted by molar-refractivity contribution is 0.0956. The van der Waals surface area contributed by atoms with Crippen molar-refractivity contribution in [3.63, 3.8) is 0 Å². The van der Waals surface area contributed by atoms with Gasteiger partial charge in [0.15, 0.2) is 5.96 Å². The van der Waals surface area contributed by atoms with Gasteiger partial charge in [0, 0.05) is 36.8 Å². The minimum atomic E-state index is -0.0639. The number of benzene rings is 2. The molecule has 0 saturated heterocycles. The summed E-state index contributed by atoms with van der Waals surface area (Å²) in [4.78, 5) is 16.5. The third-order valence-electron chi connectivity index (χ3n) is 4.26. The van der Waals surface area contributed by atoms with Crippen molar-refractivity contribution in [1.82, 2.24) is 16.0 Å². The molecule has 0 aliphatic carbocycles. The fourth-order valence-corrected chi connectivity index (χ4v) is 2.71. The van der Waals surface area contributed by atoms with Crippen molar-refractivity contribution >= 4 is 35.8 Å². The smallest absolute Gasteiger partial charge is 0.251 e. The fourth-order valence-electron chi connectivity index (χ4n) is 2.71. The molecule has 0 heterocycles. The number of methoxy groups -OCH3 is 2. The number of halogens is 1. The zero-order valence-electron chi connectivity index (χ0n) is 18.0. The molecule has 2 aromatic carbocycles. The van der Waals surface area contributed by atoms with E-state index < -0.39 is 0 Å². The number of hydrogen-bond donors (Lipinski definition) is 3. The van der Waals surface area contributed by atoms with Crippen LogP contribution in [0.2, 0.25) is 0 Å². The van der Waals surface area contributed by atoms with Gasteiger partial charge in [-0.15, -0.1) is 24.0 Å². The van der Waals surface area contributed by atoms with Crippen LogP contribution in [-0.2, 0) is 13.1 Å². The first-order valence-electron chi connectivity index (χ1n) is 9.71. The largest absolute Gasteiger partial charge is 0.497 e. The highest BCUT2D eigenvalue weighted by Gasteiger charge is 2.07. The lowest BCUT2D eigenvalue weighted by Gasteiger charge is -2.14. The molecule has 2 aromatic rings. The number of amides is 1. The highest BCUT2D eigenvalue weighted by atomic mass is 127. The number of carbonyl (C=O) groups excluding carboxylic acids is 1. The molecule has 0 aliphatic rings. The molecule has 164 valence electrons. The summed E-state index contributed by atoms with van der Waals surface area (Å²) in [6.07, 6.45) is 0. The van der Waals surface area contributed by atoms with Crippen molar-refractivity contribution < 1.29 is 14.3 Å². The monoisotopic (exact) mass is 526 g/mol. The molecule has 2 rings (SSSR count). The predicted octanol–water partition coefficient (Wildman–Crippen LogP) is 3.33. The molecule has 30 heavy (non-hydrogen) atoms. The highest BCUT2D eigenvalue weighted by Crippen LogP contribution is 2.24. The van der Waals surface area contributed by atoms with E-state index in [-0.39, 0.29) is 29.9 Å². The summed E-state index contributed by atoms with van der Waals surface area (Å²) in [5.74, 6) is 2.15. The van der Waals surface area contributed by atoms with Gasteiger partial charge in [-0.05, 0) is 43.7 Å². The quantitative estimate of drug-likeness (QED) is 0.265. The molecular formula is C22H31IN4O3. The SMILES string of the molecule is CCNC(=O)c1ccc(CN=C(NCC)NCc2ccc(OC)cc2OC)cc1.I. The van der Waals surface area contributed by atoms with E-state index in [4.69, 9.17) is 9.47 Å². The maximum atomic E-state index is 11.8. The first kappa shape index (κ1) is 25.5. The number of carbonyl (C=O) groups is 1. The summed E-state index contributed by atoms with van der Waals surface area (Å²) < 4.78 is 10.7. The summed E-state index contributed by atoms with van der Waals surface area (Å²) >= 11 is 0. The van der Waals surface area contributed by atoms with Crippen LogP contribution in [-0.4, -0.2) is 39.2 Å². The molecule has 3 N–H and O–H groups in total. The normalized spacial score (nSPS) is 10.6. The van der Waals surface area contributed by atoms with Crippen LogP contribution in [0.3, 0.4) is 0 Å². The van der Waals surface area contributed by atoms with Crippen molar-refractivity contribution in [3.05, 3.63) is 59.2 Å². The Balaban J connectivity index is 0.00000450. The second-order valence-electron chi connectivity index (χ2n) is 6.28. The van der Waals surface area contributed by atoms with Crippen LogP contribution in [0.15, 0.2) is 47.5 Å². The second-order valence-corrected chi connectivity index (χ2v) is 6.28. The molecular weight excluding hydrogens is 495 g/mol. The van der Waals surface area contributed by atoms with Crippen molar-refractivity contribution in [3.8, 4) is 11.5 Å². The van der Waals surface area contributed by atoms with Crippen molar-refractivity contribution in [2.75, 3.05) is 27.3 Å². The van der Waals surface area contributed by atoms with Gasteiger partial charge in [-0.3, -0.25) is 4.79 Å². The van der Waals surface area contributed by atoms with Gasteiger partial charge in [-0.2, -0.15) is 0 Å². The van der Waals surface area contributed by atoms with Gasteiger partial charge >= 0.3 is 0 Å². The molecule has 0 aromatic heterocycles. The first-order chi connectivity index (χ1) is 14.1. The van der Waals surface area contributed by atoms with E-state index in [1.54, 1.807) is 14.2 Å². The van der Waals surface area contributed by atoms with Gasteiger partial charge in [0.1, 0.15) is 11.5 Å². The maximum absolute atomic E-state index is 11.8. The van der Waals surface area contributed by atoms with E-state index in [2.05, 4.69) is 20.9 Å². The Kier molecular flexibility index (Phi) is 11.7. The number of ether oxygens (including phenoxy) is 2. The van der Waals surface area contributed by atoms with Crippen molar-refractivity contribution in [2.24, 2.45) is 4.99 Å². The zero-order valence-corrected chi connectivity index (χ0v) is 20.3. The Bertz CT molecular complexity index is 826. The molecule has 0 saturated carbocycles. The highest BCUT2D eigenvalue weighted by molar-refractivity contribution is 14.0. The molecule has 0 fully saturated rings. The van der Waals surface area contributed by atoms with Crippen LogP contribution >= 0.6 is 24.0 Å². The second kappa shape index (κ2) is 13.7. The zero-order chi connectivity index (χ0) is 21.1. The fraction of sp³-hybridized carbons (Fsp3) is 0.364. The number of nitrogens with one attached hydrogen (secondary N) is 3. The first-order valence-corrected chi connectivity index (χ1v) is 9.71. The topological polar surface area (TPSA) is 84.0 Å². The number of rotatable bonds is 9. The molecule has 0 atom stereocenters. The molecule has 7 nitrogen and oxygen atoms in total. The summed E-state index contributed by atoms with van der Waals surface area (Å²) in [5.41, 5.74) is 2.68. The molecule has 8 heteroatoms. The Morgan fingerprint density at radius 2 is 1.63 bits per heavy atom. The summed E-state index contributed by atoms with van der Waals surface area (Å²) in [7, 11) is 3.27. The molecule has 0 unspecified atom stereocenters. The summed E-state index contributed by atoms with van der Waals surface area (Å²) in [5, 5.41) is 9.35. The van der Waals surface area contributed by atoms with Gasteiger partial charge in [0.05, 0.1) is 20.8 Å². The molecule has 0 bridgehead atoms. The van der Waals surface area contributed by atoms with E-state index in [0.717, 1.165) is 29.2 Å². The number of nitrogens with zero attached hydrogens (tertiary/aromatic N) is 1. The maximum Gasteiger partial charge on any atom is 0.251 e. The van der Waals surface area contributed by atoms with E-state index in [9.17, 15) is 4.79 Å². The average Bonchev–Trinajstić information content (AvgIpc) is 2.76. The van der Waals surface area contributed by atoms with Crippen LogP contribution in [0, 0.1) is 0 Å². The molecule has 0 spiro atoms. The number of guanidine groups is 1. The van der Waals surface area contributed by atoms with E-state index in [1.807, 2.05) is 56.3 Å². The third-order valence-corrected chi connectivity index (χ3v) is 4.26. The average molecular weight is 526 g/mol. The van der Waals surface area contributed by atoms with Crippen LogP contribution in [0.4, 0.5) is 0 Å². The Morgan fingerprint density at radius 3 is 2.23 bits per heavy atom. The molecule has 0 aliphatic heterocycles. The van der Waals surface area contributed by atoms with Gasteiger partial charge in [-0.25, -0.2) is 4.99 Å². The van der Waals surface area contributed by atoms with Crippen LogP contribution in [0.5, 0.6) is 11.5 Å². The number of hydrogen-bond acceptors (Lipinski definition) is 4. The third kappa shape index (κ3) is 7.74. The molecule has 1 amide bonds. The Morgan fingerprint density at radius 1 is 0.933 bits per heavy atom. The van der Waals surface area contributed by atoms with Gasteiger partial charge in [0.25, 0.3) is 5.91 Å². The van der Waals surface area contributed by atoms with Gasteiger partial charge in [-0.1, -0.05) is 12.1 Å². The van der Waals surface area contributed by atoms with E-state index >= 15 is 0 Å². The van der Waals surface area contributed by atoms with Crippen LogP contribution in [0.1, 0.15) is 35.3 Å². The standard InChI is InChI=1S/C22H30N4O3.HI/c1-5-23-21(27)17-9-7-16(8-10-17)14-25-22(24-6-2)26-15-18-11-12-19(28-3)13-20(18)29-4;/h7-13H,5-6,14-15H2,1-4H3,(H,23,27)(H2,24,25,26);1H.